The molecule has 1 fully saturated rings. The van der Waals surface area contributed by atoms with Gasteiger partial charge in [-0.1, -0.05) is 18.2 Å². The number of aliphatic hydroxyl groups is 1. The molecular weight excluding hydrogens is 347 g/mol. The van der Waals surface area contributed by atoms with Crippen LogP contribution in [0.2, 0.25) is 0 Å². The molecule has 0 unspecified atom stereocenters. The summed E-state index contributed by atoms with van der Waals surface area (Å²) in [6.07, 6.45) is -2.99. The number of anilines is 1. The summed E-state index contributed by atoms with van der Waals surface area (Å²) in [4.78, 5) is 20.2. The Kier molecular flexibility index (Phi) is 5.13. The second-order valence-electron chi connectivity index (χ2n) is 6.01. The molecule has 0 radical (unpaired) electrons. The van der Waals surface area contributed by atoms with Gasteiger partial charge < -0.3 is 14.9 Å². The van der Waals surface area contributed by atoms with E-state index in [4.69, 9.17) is 5.11 Å². The Balaban J connectivity index is 1.69. The fraction of sp³-hybridized carbons (Fsp3) is 0.333. The number of carbonyl (C=O) groups excluding carboxylic acids is 1. The Morgan fingerprint density at radius 3 is 2.35 bits per heavy atom. The van der Waals surface area contributed by atoms with Crippen LogP contribution in [-0.4, -0.2) is 47.1 Å². The molecule has 26 heavy (non-hydrogen) atoms. The second kappa shape index (κ2) is 7.33. The zero-order valence-electron chi connectivity index (χ0n) is 13.9. The van der Waals surface area contributed by atoms with E-state index in [1.165, 1.54) is 23.1 Å². The Bertz CT molecular complexity index is 770. The van der Waals surface area contributed by atoms with E-state index < -0.39 is 17.6 Å². The minimum absolute atomic E-state index is 0.0891. The lowest BCUT2D eigenvalue weighted by molar-refractivity contribution is -0.138. The molecule has 0 aliphatic carbocycles. The summed E-state index contributed by atoms with van der Waals surface area (Å²) in [5.41, 5.74) is -0.529. The lowest BCUT2D eigenvalue weighted by Crippen LogP contribution is -2.49. The number of aliphatic hydroxyl groups excluding tert-OH is 1. The number of carbonyl (C=O) groups is 1. The first kappa shape index (κ1) is 18.2. The van der Waals surface area contributed by atoms with E-state index in [0.717, 1.165) is 6.07 Å². The van der Waals surface area contributed by atoms with Crippen molar-refractivity contribution in [3.8, 4) is 0 Å². The normalized spacial score (nSPS) is 15.2. The van der Waals surface area contributed by atoms with Gasteiger partial charge in [0.15, 0.2) is 0 Å². The first-order valence-electron chi connectivity index (χ1n) is 8.16. The number of pyridine rings is 1. The van der Waals surface area contributed by atoms with Crippen LogP contribution >= 0.6 is 0 Å². The SMILES string of the molecule is O=C(c1ccccc1C(F)(F)F)N1CCN(c2ccc(CO)cn2)CC1. The number of benzene rings is 1. The molecular formula is C18H18F3N3O2. The number of hydrogen-bond donors (Lipinski definition) is 1. The zero-order valence-corrected chi connectivity index (χ0v) is 13.9. The average molecular weight is 365 g/mol. The van der Waals surface area contributed by atoms with E-state index in [-0.39, 0.29) is 12.2 Å². The van der Waals surface area contributed by atoms with Gasteiger partial charge in [0.05, 0.1) is 17.7 Å². The fourth-order valence-corrected chi connectivity index (χ4v) is 2.92. The van der Waals surface area contributed by atoms with Gasteiger partial charge in [0.1, 0.15) is 5.82 Å². The summed E-state index contributed by atoms with van der Waals surface area (Å²) in [6, 6.07) is 8.40. The Morgan fingerprint density at radius 2 is 1.77 bits per heavy atom. The predicted octanol–water partition coefficient (Wildman–Crippen LogP) is 2.56. The molecule has 5 nitrogen and oxygen atoms in total. The number of rotatable bonds is 3. The fourth-order valence-electron chi connectivity index (χ4n) is 2.92. The standard InChI is InChI=1S/C18H18F3N3O2/c19-18(20,21)15-4-2-1-3-14(15)17(26)24-9-7-23(8-10-24)16-6-5-13(12-25)11-22-16/h1-6,11,25H,7-10,12H2. The van der Waals surface area contributed by atoms with E-state index in [9.17, 15) is 18.0 Å². The van der Waals surface area contributed by atoms with Crippen molar-refractivity contribution in [2.24, 2.45) is 0 Å². The topological polar surface area (TPSA) is 56.7 Å². The van der Waals surface area contributed by atoms with Crippen LogP contribution in [0.15, 0.2) is 42.6 Å². The lowest BCUT2D eigenvalue weighted by Gasteiger charge is -2.35. The van der Waals surface area contributed by atoms with Crippen LogP contribution in [0.3, 0.4) is 0 Å². The summed E-state index contributed by atoms with van der Waals surface area (Å²) in [7, 11) is 0. The van der Waals surface area contributed by atoms with Crippen molar-refractivity contribution in [2.45, 2.75) is 12.8 Å². The summed E-state index contributed by atoms with van der Waals surface area (Å²) in [5.74, 6) is 0.103. The highest BCUT2D eigenvalue weighted by Gasteiger charge is 2.36. The Morgan fingerprint density at radius 1 is 1.08 bits per heavy atom. The first-order chi connectivity index (χ1) is 12.4. The molecule has 2 heterocycles. The van der Waals surface area contributed by atoms with Crippen LogP contribution in [0.5, 0.6) is 0 Å². The summed E-state index contributed by atoms with van der Waals surface area (Å²) in [5, 5.41) is 9.04. The molecule has 0 bridgehead atoms. The number of halogens is 3. The van der Waals surface area contributed by atoms with E-state index in [1.807, 2.05) is 4.90 Å². The minimum Gasteiger partial charge on any atom is -0.392 e. The molecule has 8 heteroatoms. The van der Waals surface area contributed by atoms with Crippen molar-refractivity contribution in [3.63, 3.8) is 0 Å². The van der Waals surface area contributed by atoms with Gasteiger partial charge >= 0.3 is 6.18 Å². The molecule has 1 N–H and O–H groups in total. The van der Waals surface area contributed by atoms with Crippen LogP contribution in [0.1, 0.15) is 21.5 Å². The number of hydrogen-bond acceptors (Lipinski definition) is 4. The van der Waals surface area contributed by atoms with Crippen molar-refractivity contribution < 1.29 is 23.1 Å². The van der Waals surface area contributed by atoms with E-state index in [0.29, 0.717) is 37.6 Å². The number of amides is 1. The van der Waals surface area contributed by atoms with Gasteiger partial charge in [-0.15, -0.1) is 0 Å². The van der Waals surface area contributed by atoms with Crippen LogP contribution in [0, 0.1) is 0 Å². The van der Waals surface area contributed by atoms with Crippen LogP contribution in [0.4, 0.5) is 19.0 Å². The maximum Gasteiger partial charge on any atom is 0.417 e. The average Bonchev–Trinajstić information content (AvgIpc) is 2.67. The Labute approximate surface area is 148 Å². The summed E-state index contributed by atoms with van der Waals surface area (Å²) < 4.78 is 39.3. The zero-order chi connectivity index (χ0) is 18.7. The largest absolute Gasteiger partial charge is 0.417 e. The molecule has 1 aromatic heterocycles. The van der Waals surface area contributed by atoms with Crippen molar-refractivity contribution in [3.05, 3.63) is 59.3 Å². The first-order valence-corrected chi connectivity index (χ1v) is 8.16. The molecule has 3 rings (SSSR count). The smallest absolute Gasteiger partial charge is 0.392 e. The Hall–Kier alpha value is -2.61. The highest BCUT2D eigenvalue weighted by Crippen LogP contribution is 2.32. The molecule has 1 aliphatic heterocycles. The van der Waals surface area contributed by atoms with Gasteiger partial charge in [0.2, 0.25) is 0 Å². The number of aromatic nitrogens is 1. The molecule has 138 valence electrons. The molecule has 1 saturated heterocycles. The van der Waals surface area contributed by atoms with Gasteiger partial charge in [0, 0.05) is 32.4 Å². The van der Waals surface area contributed by atoms with Gasteiger partial charge in [-0.25, -0.2) is 4.98 Å². The third kappa shape index (κ3) is 3.80. The number of piperazine rings is 1. The monoisotopic (exact) mass is 365 g/mol. The number of nitrogens with zero attached hydrogens (tertiary/aromatic N) is 3. The van der Waals surface area contributed by atoms with Gasteiger partial charge in [-0.2, -0.15) is 13.2 Å². The highest BCUT2D eigenvalue weighted by molar-refractivity contribution is 5.96. The third-order valence-corrected chi connectivity index (χ3v) is 4.35. The molecule has 2 aromatic rings. The molecule has 1 amide bonds. The van der Waals surface area contributed by atoms with Crippen molar-refractivity contribution in [2.75, 3.05) is 31.1 Å². The highest BCUT2D eigenvalue weighted by atomic mass is 19.4. The van der Waals surface area contributed by atoms with Gasteiger partial charge in [-0.3, -0.25) is 4.79 Å². The lowest BCUT2D eigenvalue weighted by atomic mass is 10.1. The van der Waals surface area contributed by atoms with E-state index >= 15 is 0 Å². The molecule has 0 saturated carbocycles. The quantitative estimate of drug-likeness (QED) is 0.908. The third-order valence-electron chi connectivity index (χ3n) is 4.35. The maximum atomic E-state index is 13.1. The minimum atomic E-state index is -4.56. The van der Waals surface area contributed by atoms with Crippen LogP contribution < -0.4 is 4.90 Å². The van der Waals surface area contributed by atoms with E-state index in [2.05, 4.69) is 4.98 Å². The predicted molar refractivity (Wildman–Crippen MR) is 89.7 cm³/mol. The van der Waals surface area contributed by atoms with Crippen LogP contribution in [-0.2, 0) is 12.8 Å². The molecule has 0 spiro atoms. The maximum absolute atomic E-state index is 13.1. The van der Waals surface area contributed by atoms with Gasteiger partial charge in [0.25, 0.3) is 5.91 Å². The molecule has 1 aliphatic rings. The van der Waals surface area contributed by atoms with Crippen molar-refractivity contribution in [1.29, 1.82) is 0 Å². The molecule has 0 atom stereocenters. The van der Waals surface area contributed by atoms with Gasteiger partial charge in [-0.05, 0) is 23.8 Å². The summed E-state index contributed by atoms with van der Waals surface area (Å²) >= 11 is 0. The van der Waals surface area contributed by atoms with Crippen molar-refractivity contribution >= 4 is 11.7 Å². The number of alkyl halides is 3. The van der Waals surface area contributed by atoms with E-state index in [1.54, 1.807) is 18.3 Å². The van der Waals surface area contributed by atoms with Crippen molar-refractivity contribution in [1.82, 2.24) is 9.88 Å². The molecule has 1 aromatic carbocycles. The van der Waals surface area contributed by atoms with Crippen LogP contribution in [0.25, 0.3) is 0 Å². The second-order valence-corrected chi connectivity index (χ2v) is 6.01. The summed E-state index contributed by atoms with van der Waals surface area (Å²) in [6.45, 7) is 1.49.